The average Bonchev–Trinajstić information content (AvgIpc) is 2.65. The number of benzene rings is 1. The highest BCUT2D eigenvalue weighted by atomic mass is 19.1. The Kier molecular flexibility index (Phi) is 7.77. The lowest BCUT2D eigenvalue weighted by Crippen LogP contribution is -2.61. The van der Waals surface area contributed by atoms with Gasteiger partial charge in [-0.3, -0.25) is 14.4 Å². The monoisotopic (exact) mass is 414 g/mol. The van der Waals surface area contributed by atoms with Crippen LogP contribution in [0.25, 0.3) is 0 Å². The molecule has 1 aromatic carbocycles. The van der Waals surface area contributed by atoms with E-state index >= 15 is 4.39 Å². The van der Waals surface area contributed by atoms with Crippen molar-refractivity contribution in [2.45, 2.75) is 51.5 Å². The van der Waals surface area contributed by atoms with Gasteiger partial charge in [0.2, 0.25) is 12.5 Å². The number of carbonyl (C=O) groups excluding carboxylic acids is 3. The van der Waals surface area contributed by atoms with Crippen molar-refractivity contribution in [1.29, 1.82) is 0 Å². The number of halogens is 1. The average molecular weight is 414 g/mol. The first-order valence-corrected chi connectivity index (χ1v) is 8.79. The zero-order chi connectivity index (χ0) is 21.6. The van der Waals surface area contributed by atoms with E-state index in [0.29, 0.717) is 5.75 Å². The molecule has 2 rings (SSSR count). The van der Waals surface area contributed by atoms with Crippen LogP contribution in [0.5, 0.6) is 11.5 Å². The van der Waals surface area contributed by atoms with Crippen LogP contribution in [0.2, 0.25) is 0 Å². The molecule has 0 N–H and O–H groups in total. The number of ether oxygens (including phenoxy) is 6. The molecule has 160 valence electrons. The Morgan fingerprint density at radius 2 is 1.48 bits per heavy atom. The minimum atomic E-state index is -1.99. The van der Waals surface area contributed by atoms with E-state index in [1.807, 2.05) is 0 Å². The van der Waals surface area contributed by atoms with Crippen molar-refractivity contribution in [3.8, 4) is 11.5 Å². The van der Waals surface area contributed by atoms with Gasteiger partial charge in [-0.25, -0.2) is 4.39 Å². The lowest BCUT2D eigenvalue weighted by atomic mass is 9.99. The summed E-state index contributed by atoms with van der Waals surface area (Å²) >= 11 is 0. The molecular weight excluding hydrogens is 391 g/mol. The van der Waals surface area contributed by atoms with E-state index in [2.05, 4.69) is 0 Å². The molecule has 5 atom stereocenters. The Balaban J connectivity index is 2.27. The fourth-order valence-electron chi connectivity index (χ4n) is 2.75. The summed E-state index contributed by atoms with van der Waals surface area (Å²) in [5.74, 6) is -1.32. The number of methoxy groups -OCH3 is 1. The van der Waals surface area contributed by atoms with Gasteiger partial charge in [-0.15, -0.1) is 0 Å². The van der Waals surface area contributed by atoms with Crippen LogP contribution in [0.3, 0.4) is 0 Å². The molecule has 0 bridgehead atoms. The number of alkyl halides is 1. The number of hydrogen-bond acceptors (Lipinski definition) is 9. The Morgan fingerprint density at radius 1 is 0.931 bits per heavy atom. The van der Waals surface area contributed by atoms with Crippen molar-refractivity contribution in [3.05, 3.63) is 24.3 Å². The molecule has 29 heavy (non-hydrogen) atoms. The topological polar surface area (TPSA) is 107 Å². The smallest absolute Gasteiger partial charge is 0.303 e. The van der Waals surface area contributed by atoms with E-state index in [1.54, 1.807) is 12.1 Å². The van der Waals surface area contributed by atoms with Crippen molar-refractivity contribution < 1.29 is 47.2 Å². The number of rotatable bonds is 7. The fraction of sp³-hybridized carbons (Fsp3) is 0.526. The lowest BCUT2D eigenvalue weighted by molar-refractivity contribution is -0.271. The summed E-state index contributed by atoms with van der Waals surface area (Å²) in [5.41, 5.74) is 0. The predicted octanol–water partition coefficient (Wildman–Crippen LogP) is 1.56. The molecule has 0 aliphatic carbocycles. The van der Waals surface area contributed by atoms with Gasteiger partial charge < -0.3 is 28.4 Å². The molecule has 0 spiro atoms. The second kappa shape index (κ2) is 10.1. The van der Waals surface area contributed by atoms with Crippen LogP contribution in [0.1, 0.15) is 20.8 Å². The molecule has 0 unspecified atom stereocenters. The van der Waals surface area contributed by atoms with E-state index in [9.17, 15) is 14.4 Å². The number of carbonyl (C=O) groups is 3. The first-order valence-electron chi connectivity index (χ1n) is 8.79. The van der Waals surface area contributed by atoms with Crippen molar-refractivity contribution in [1.82, 2.24) is 0 Å². The van der Waals surface area contributed by atoms with E-state index in [-0.39, 0.29) is 12.4 Å². The van der Waals surface area contributed by atoms with Crippen molar-refractivity contribution in [2.75, 3.05) is 13.7 Å². The minimum Gasteiger partial charge on any atom is -0.497 e. The summed E-state index contributed by atoms with van der Waals surface area (Å²) in [5, 5.41) is 0. The van der Waals surface area contributed by atoms with Crippen LogP contribution < -0.4 is 9.47 Å². The van der Waals surface area contributed by atoms with Gasteiger partial charge in [0, 0.05) is 20.8 Å². The van der Waals surface area contributed by atoms with Gasteiger partial charge in [0.05, 0.1) is 7.11 Å². The Bertz CT molecular complexity index is 721. The standard InChI is InChI=1S/C19H23FO9/c1-10(21)25-9-15-17(26-11(2)22)18(27-12(3)23)16(20)19(29-15)28-14-7-5-13(24-4)6-8-14/h5-8,15-19H,9H2,1-4H3/t15-,16-,17-,18-,19+/m1/s1. The summed E-state index contributed by atoms with van der Waals surface area (Å²) in [6.07, 6.45) is -7.48. The first-order chi connectivity index (χ1) is 13.7. The molecule has 1 aromatic rings. The molecular formula is C19H23FO9. The lowest BCUT2D eigenvalue weighted by Gasteiger charge is -2.41. The predicted molar refractivity (Wildman–Crippen MR) is 94.9 cm³/mol. The molecule has 1 fully saturated rings. The van der Waals surface area contributed by atoms with Gasteiger partial charge in [0.1, 0.15) is 24.2 Å². The second-order valence-corrected chi connectivity index (χ2v) is 6.23. The number of hydrogen-bond donors (Lipinski definition) is 0. The fourth-order valence-corrected chi connectivity index (χ4v) is 2.75. The maximum absolute atomic E-state index is 15.1. The zero-order valence-corrected chi connectivity index (χ0v) is 16.5. The summed E-state index contributed by atoms with van der Waals surface area (Å²) in [7, 11) is 1.50. The molecule has 1 heterocycles. The zero-order valence-electron chi connectivity index (χ0n) is 16.5. The second-order valence-electron chi connectivity index (χ2n) is 6.23. The molecule has 0 radical (unpaired) electrons. The minimum absolute atomic E-state index is 0.261. The third-order valence-corrected chi connectivity index (χ3v) is 3.94. The molecule has 0 saturated carbocycles. The molecule has 1 aliphatic rings. The normalized spacial score (nSPS) is 26.2. The van der Waals surface area contributed by atoms with Crippen molar-refractivity contribution >= 4 is 17.9 Å². The van der Waals surface area contributed by atoms with Crippen LogP contribution in [-0.4, -0.2) is 62.4 Å². The molecule has 1 saturated heterocycles. The highest BCUT2D eigenvalue weighted by Crippen LogP contribution is 2.31. The third-order valence-electron chi connectivity index (χ3n) is 3.94. The van der Waals surface area contributed by atoms with E-state index < -0.39 is 48.7 Å². The van der Waals surface area contributed by atoms with Crippen molar-refractivity contribution in [3.63, 3.8) is 0 Å². The Hall–Kier alpha value is -2.88. The first kappa shape index (κ1) is 22.4. The van der Waals surface area contributed by atoms with Crippen LogP contribution in [0.15, 0.2) is 24.3 Å². The SMILES string of the molecule is COc1ccc(O[C@H]2O[C@H](COC(C)=O)[C@@H](OC(C)=O)[C@H](OC(C)=O)[C@H]2F)cc1. The summed E-state index contributed by atoms with van der Waals surface area (Å²) in [6, 6.07) is 6.28. The Morgan fingerprint density at radius 3 is 2.00 bits per heavy atom. The maximum atomic E-state index is 15.1. The van der Waals surface area contributed by atoms with E-state index in [4.69, 9.17) is 28.4 Å². The molecule has 10 heteroatoms. The molecule has 9 nitrogen and oxygen atoms in total. The maximum Gasteiger partial charge on any atom is 0.303 e. The highest BCUT2D eigenvalue weighted by Gasteiger charge is 2.52. The molecule has 1 aliphatic heterocycles. The van der Waals surface area contributed by atoms with Gasteiger partial charge >= 0.3 is 17.9 Å². The van der Waals surface area contributed by atoms with Crippen LogP contribution in [-0.2, 0) is 33.3 Å². The largest absolute Gasteiger partial charge is 0.497 e. The van der Waals surface area contributed by atoms with Gasteiger partial charge in [-0.05, 0) is 24.3 Å². The van der Waals surface area contributed by atoms with Crippen LogP contribution in [0.4, 0.5) is 4.39 Å². The van der Waals surface area contributed by atoms with Gasteiger partial charge in [0.15, 0.2) is 12.2 Å². The summed E-state index contributed by atoms with van der Waals surface area (Å²) < 4.78 is 46.4. The quantitative estimate of drug-likeness (QED) is 0.485. The van der Waals surface area contributed by atoms with Crippen LogP contribution in [0, 0.1) is 0 Å². The van der Waals surface area contributed by atoms with Gasteiger partial charge in [0.25, 0.3) is 0 Å². The third kappa shape index (κ3) is 6.31. The summed E-state index contributed by atoms with van der Waals surface area (Å²) in [4.78, 5) is 34.1. The molecule has 0 amide bonds. The summed E-state index contributed by atoms with van der Waals surface area (Å²) in [6.45, 7) is 3.02. The van der Waals surface area contributed by atoms with E-state index in [0.717, 1.165) is 13.8 Å². The van der Waals surface area contributed by atoms with Gasteiger partial charge in [-0.1, -0.05) is 0 Å². The molecule has 0 aromatic heterocycles. The van der Waals surface area contributed by atoms with E-state index in [1.165, 1.54) is 26.2 Å². The van der Waals surface area contributed by atoms with Crippen LogP contribution >= 0.6 is 0 Å². The number of esters is 3. The van der Waals surface area contributed by atoms with Gasteiger partial charge in [-0.2, -0.15) is 0 Å². The van der Waals surface area contributed by atoms with Crippen molar-refractivity contribution in [2.24, 2.45) is 0 Å². The Labute approximate surface area is 167 Å². The highest BCUT2D eigenvalue weighted by molar-refractivity contribution is 5.67.